The van der Waals surface area contributed by atoms with Crippen LogP contribution in [0.2, 0.25) is 0 Å². The predicted octanol–water partition coefficient (Wildman–Crippen LogP) is 1.50. The molecule has 0 aliphatic rings. The Balaban J connectivity index is 2.19. The number of rotatable bonds is 3. The van der Waals surface area contributed by atoms with Gasteiger partial charge in [0.25, 0.3) is 5.91 Å². The Kier molecular flexibility index (Phi) is 3.64. The second-order valence-electron chi connectivity index (χ2n) is 3.88. The highest BCUT2D eigenvalue weighted by Gasteiger charge is 2.08. The van der Waals surface area contributed by atoms with Crippen LogP contribution in [0.15, 0.2) is 36.8 Å². The minimum atomic E-state index is -0.191. The van der Waals surface area contributed by atoms with Crippen LogP contribution in [0.25, 0.3) is 0 Å². The fourth-order valence-electron chi connectivity index (χ4n) is 1.52. The lowest BCUT2D eigenvalue weighted by molar-refractivity contribution is 0.102. The first-order valence-corrected chi connectivity index (χ1v) is 5.57. The maximum absolute atomic E-state index is 12.0. The monoisotopic (exact) mass is 242 g/mol. The summed E-state index contributed by atoms with van der Waals surface area (Å²) in [5.41, 5.74) is 8.38. The molecule has 0 saturated carbocycles. The molecule has 1 amide bonds. The second-order valence-corrected chi connectivity index (χ2v) is 3.88. The lowest BCUT2D eigenvalue weighted by Crippen LogP contribution is -2.14. The fourth-order valence-corrected chi connectivity index (χ4v) is 1.52. The smallest absolute Gasteiger partial charge is 0.255 e. The van der Waals surface area contributed by atoms with Gasteiger partial charge in [0.2, 0.25) is 0 Å². The SMILES string of the molecule is Cc1ccncc1NC(=O)c1ccnc(CN)c1. The van der Waals surface area contributed by atoms with Gasteiger partial charge in [0, 0.05) is 24.5 Å². The molecule has 0 bridgehead atoms. The number of nitrogens with two attached hydrogens (primary N) is 1. The molecule has 2 rings (SSSR count). The van der Waals surface area contributed by atoms with Crippen LogP contribution >= 0.6 is 0 Å². The van der Waals surface area contributed by atoms with Gasteiger partial charge >= 0.3 is 0 Å². The van der Waals surface area contributed by atoms with Gasteiger partial charge in [-0.2, -0.15) is 0 Å². The third-order valence-corrected chi connectivity index (χ3v) is 2.58. The molecule has 3 N–H and O–H groups in total. The number of pyridine rings is 2. The first kappa shape index (κ1) is 12.2. The minimum absolute atomic E-state index is 0.191. The third-order valence-electron chi connectivity index (χ3n) is 2.58. The van der Waals surface area contributed by atoms with Crippen molar-refractivity contribution in [2.45, 2.75) is 13.5 Å². The quantitative estimate of drug-likeness (QED) is 0.854. The Morgan fingerprint density at radius 2 is 2.22 bits per heavy atom. The van der Waals surface area contributed by atoms with Crippen molar-refractivity contribution in [2.24, 2.45) is 5.73 Å². The molecule has 0 fully saturated rings. The van der Waals surface area contributed by atoms with E-state index in [4.69, 9.17) is 5.73 Å². The average molecular weight is 242 g/mol. The van der Waals surface area contributed by atoms with Crippen LogP contribution in [0.1, 0.15) is 21.6 Å². The van der Waals surface area contributed by atoms with Gasteiger partial charge in [-0.25, -0.2) is 0 Å². The van der Waals surface area contributed by atoms with Crippen LogP contribution in [-0.4, -0.2) is 15.9 Å². The molecule has 0 saturated heterocycles. The highest BCUT2D eigenvalue weighted by Crippen LogP contribution is 2.13. The van der Waals surface area contributed by atoms with Crippen molar-refractivity contribution < 1.29 is 4.79 Å². The second kappa shape index (κ2) is 5.37. The van der Waals surface area contributed by atoms with Crippen LogP contribution in [-0.2, 0) is 6.54 Å². The number of anilines is 1. The first-order valence-electron chi connectivity index (χ1n) is 5.57. The summed E-state index contributed by atoms with van der Waals surface area (Å²) in [6, 6.07) is 5.18. The fraction of sp³-hybridized carbons (Fsp3) is 0.154. The molecule has 0 aliphatic heterocycles. The summed E-state index contributed by atoms with van der Waals surface area (Å²) in [4.78, 5) is 20.1. The lowest BCUT2D eigenvalue weighted by Gasteiger charge is -2.07. The van der Waals surface area contributed by atoms with Crippen molar-refractivity contribution in [1.29, 1.82) is 0 Å². The van der Waals surface area contributed by atoms with Crippen LogP contribution in [0, 0.1) is 6.92 Å². The summed E-state index contributed by atoms with van der Waals surface area (Å²) in [5, 5.41) is 2.81. The van der Waals surface area contributed by atoms with Crippen molar-refractivity contribution in [3.8, 4) is 0 Å². The van der Waals surface area contributed by atoms with Gasteiger partial charge in [-0.15, -0.1) is 0 Å². The van der Waals surface area contributed by atoms with Gasteiger partial charge in [-0.05, 0) is 30.7 Å². The number of hydrogen-bond donors (Lipinski definition) is 2. The Labute approximate surface area is 105 Å². The molecule has 0 atom stereocenters. The molecule has 2 aromatic rings. The number of nitrogens with one attached hydrogen (secondary N) is 1. The van der Waals surface area contributed by atoms with Gasteiger partial charge in [0.05, 0.1) is 17.6 Å². The normalized spacial score (nSPS) is 10.1. The largest absolute Gasteiger partial charge is 0.325 e. The zero-order valence-corrected chi connectivity index (χ0v) is 10.1. The molecule has 0 unspecified atom stereocenters. The molecule has 2 heterocycles. The Morgan fingerprint density at radius 3 is 2.94 bits per heavy atom. The number of hydrogen-bond acceptors (Lipinski definition) is 4. The molecule has 0 spiro atoms. The summed E-state index contributed by atoms with van der Waals surface area (Å²) in [5.74, 6) is -0.191. The van der Waals surface area contributed by atoms with E-state index in [2.05, 4.69) is 15.3 Å². The van der Waals surface area contributed by atoms with Gasteiger partial charge in [-0.1, -0.05) is 0 Å². The number of amides is 1. The molecular weight excluding hydrogens is 228 g/mol. The number of nitrogens with zero attached hydrogens (tertiary/aromatic N) is 2. The van der Waals surface area contributed by atoms with E-state index in [0.29, 0.717) is 23.5 Å². The zero-order valence-electron chi connectivity index (χ0n) is 10.1. The number of aromatic nitrogens is 2. The van der Waals surface area contributed by atoms with E-state index in [1.54, 1.807) is 30.7 Å². The standard InChI is InChI=1S/C13H14N4O/c1-9-2-4-15-8-12(9)17-13(18)10-3-5-16-11(6-10)7-14/h2-6,8H,7,14H2,1H3,(H,17,18). The van der Waals surface area contributed by atoms with E-state index in [9.17, 15) is 4.79 Å². The van der Waals surface area contributed by atoms with E-state index in [-0.39, 0.29) is 5.91 Å². The molecular formula is C13H14N4O. The number of carbonyl (C=O) groups is 1. The van der Waals surface area contributed by atoms with Crippen LogP contribution in [0.5, 0.6) is 0 Å². The van der Waals surface area contributed by atoms with E-state index < -0.39 is 0 Å². The Bertz CT molecular complexity index is 568. The molecule has 18 heavy (non-hydrogen) atoms. The highest BCUT2D eigenvalue weighted by atomic mass is 16.1. The number of carbonyl (C=O) groups excluding carboxylic acids is 1. The van der Waals surface area contributed by atoms with Gasteiger partial charge in [0.15, 0.2) is 0 Å². The van der Waals surface area contributed by atoms with Crippen LogP contribution < -0.4 is 11.1 Å². The molecule has 92 valence electrons. The summed E-state index contributed by atoms with van der Waals surface area (Å²) in [7, 11) is 0. The topological polar surface area (TPSA) is 80.9 Å². The Morgan fingerprint density at radius 1 is 1.39 bits per heavy atom. The van der Waals surface area contributed by atoms with Crippen LogP contribution in [0.3, 0.4) is 0 Å². The van der Waals surface area contributed by atoms with E-state index in [1.807, 2.05) is 13.0 Å². The molecule has 0 aliphatic carbocycles. The minimum Gasteiger partial charge on any atom is -0.325 e. The van der Waals surface area contributed by atoms with Crippen molar-refractivity contribution in [3.05, 3.63) is 53.6 Å². The summed E-state index contributed by atoms with van der Waals surface area (Å²) < 4.78 is 0. The number of aryl methyl sites for hydroxylation is 1. The zero-order chi connectivity index (χ0) is 13.0. The summed E-state index contributed by atoms with van der Waals surface area (Å²) in [6.07, 6.45) is 4.88. The van der Waals surface area contributed by atoms with Crippen molar-refractivity contribution in [3.63, 3.8) is 0 Å². The Hall–Kier alpha value is -2.27. The van der Waals surface area contributed by atoms with E-state index in [1.165, 1.54) is 0 Å². The summed E-state index contributed by atoms with van der Waals surface area (Å²) >= 11 is 0. The first-order chi connectivity index (χ1) is 8.70. The molecule has 0 radical (unpaired) electrons. The summed E-state index contributed by atoms with van der Waals surface area (Å²) in [6.45, 7) is 2.22. The van der Waals surface area contributed by atoms with E-state index in [0.717, 1.165) is 5.56 Å². The maximum Gasteiger partial charge on any atom is 0.255 e. The van der Waals surface area contributed by atoms with E-state index >= 15 is 0 Å². The van der Waals surface area contributed by atoms with Gasteiger partial charge in [-0.3, -0.25) is 14.8 Å². The van der Waals surface area contributed by atoms with Crippen molar-refractivity contribution in [1.82, 2.24) is 9.97 Å². The molecule has 5 heteroatoms. The molecule has 0 aromatic carbocycles. The highest BCUT2D eigenvalue weighted by molar-refractivity contribution is 6.04. The van der Waals surface area contributed by atoms with Crippen LogP contribution in [0.4, 0.5) is 5.69 Å². The third kappa shape index (κ3) is 2.70. The predicted molar refractivity (Wildman–Crippen MR) is 69.1 cm³/mol. The van der Waals surface area contributed by atoms with Crippen molar-refractivity contribution in [2.75, 3.05) is 5.32 Å². The lowest BCUT2D eigenvalue weighted by atomic mass is 10.2. The van der Waals surface area contributed by atoms with Gasteiger partial charge in [0.1, 0.15) is 0 Å². The molecule has 2 aromatic heterocycles. The maximum atomic E-state index is 12.0. The average Bonchev–Trinajstić information content (AvgIpc) is 2.41. The van der Waals surface area contributed by atoms with Gasteiger partial charge < -0.3 is 11.1 Å². The molecule has 5 nitrogen and oxygen atoms in total. The van der Waals surface area contributed by atoms with Crippen molar-refractivity contribution >= 4 is 11.6 Å².